The van der Waals surface area contributed by atoms with Gasteiger partial charge in [-0.05, 0) is 37.6 Å². The number of sulfonamides is 1. The zero-order valence-corrected chi connectivity index (χ0v) is 21.2. The largest absolute Gasteiger partial charge is 0.573 e. The molecular formula is C27H23F3N3O4S-. The molecule has 198 valence electrons. The maximum Gasteiger partial charge on any atom is 0.416 e. The van der Waals surface area contributed by atoms with E-state index in [0.717, 1.165) is 29.8 Å². The van der Waals surface area contributed by atoms with Gasteiger partial charge in [-0.15, -0.1) is 5.69 Å². The van der Waals surface area contributed by atoms with Crippen molar-refractivity contribution in [3.8, 4) is 0 Å². The number of fused-ring (bicyclic) bond motifs is 1. The van der Waals surface area contributed by atoms with E-state index in [-0.39, 0.29) is 29.1 Å². The molecule has 7 nitrogen and oxygen atoms in total. The number of pyridine rings is 1. The number of alkyl halides is 3. The molecule has 4 aromatic rings. The average molecular weight is 543 g/mol. The van der Waals surface area contributed by atoms with Gasteiger partial charge in [-0.3, -0.25) is 9.59 Å². The number of carbonyl (C=O) groups is 1. The van der Waals surface area contributed by atoms with Gasteiger partial charge in [-0.1, -0.05) is 54.6 Å². The highest BCUT2D eigenvalue weighted by Gasteiger charge is 2.30. The third-order valence-electron chi connectivity index (χ3n) is 5.86. The Balaban J connectivity index is 1.69. The van der Waals surface area contributed by atoms with Crippen molar-refractivity contribution in [3.63, 3.8) is 0 Å². The molecule has 4 rings (SSSR count). The predicted octanol–water partition coefficient (Wildman–Crippen LogP) is 5.99. The minimum Gasteiger partial charge on any atom is -0.573 e. The number of hydrogen-bond donors (Lipinski definition) is 1. The zero-order valence-electron chi connectivity index (χ0n) is 20.4. The topological polar surface area (TPSA) is 101 Å². The van der Waals surface area contributed by atoms with Crippen LogP contribution in [0.25, 0.3) is 15.6 Å². The fraction of sp³-hybridized carbons (Fsp3) is 0.185. The smallest absolute Gasteiger partial charge is 0.416 e. The van der Waals surface area contributed by atoms with Crippen LogP contribution in [0.15, 0.2) is 88.7 Å². The molecule has 0 aliphatic rings. The van der Waals surface area contributed by atoms with Crippen LogP contribution in [0.2, 0.25) is 0 Å². The molecule has 3 aromatic carbocycles. The number of rotatable bonds is 7. The van der Waals surface area contributed by atoms with Crippen molar-refractivity contribution in [2.24, 2.45) is 0 Å². The number of benzene rings is 3. The Labute approximate surface area is 217 Å². The first-order valence-electron chi connectivity index (χ1n) is 11.5. The summed E-state index contributed by atoms with van der Waals surface area (Å²) >= 11 is 0. The van der Waals surface area contributed by atoms with E-state index in [0.29, 0.717) is 6.07 Å². The number of nitrogens with zero attached hydrogens (tertiary/aromatic N) is 2. The zero-order chi connectivity index (χ0) is 27.7. The van der Waals surface area contributed by atoms with Gasteiger partial charge in [0.15, 0.2) is 0 Å². The number of halogens is 3. The van der Waals surface area contributed by atoms with E-state index in [1.165, 1.54) is 23.2 Å². The van der Waals surface area contributed by atoms with Gasteiger partial charge >= 0.3 is 6.18 Å². The summed E-state index contributed by atoms with van der Waals surface area (Å²) in [6.07, 6.45) is -3.38. The van der Waals surface area contributed by atoms with Crippen LogP contribution in [0.5, 0.6) is 0 Å². The van der Waals surface area contributed by atoms with Crippen molar-refractivity contribution in [1.82, 2.24) is 9.88 Å². The van der Waals surface area contributed by atoms with E-state index in [1.807, 2.05) is 44.2 Å². The maximum atomic E-state index is 13.4. The number of carbonyl (C=O) groups excluding carboxylic acids is 1. The van der Waals surface area contributed by atoms with E-state index in [2.05, 4.69) is 9.71 Å². The highest BCUT2D eigenvalue weighted by atomic mass is 32.2. The second kappa shape index (κ2) is 10.3. The lowest BCUT2D eigenvalue weighted by Gasteiger charge is -2.27. The normalized spacial score (nSPS) is 12.1. The van der Waals surface area contributed by atoms with Crippen molar-refractivity contribution >= 4 is 32.5 Å². The lowest BCUT2D eigenvalue weighted by Crippen LogP contribution is -2.38. The van der Waals surface area contributed by atoms with Gasteiger partial charge in [0.25, 0.3) is 5.91 Å². The Morgan fingerprint density at radius 2 is 1.71 bits per heavy atom. The molecule has 0 aliphatic heterocycles. The van der Waals surface area contributed by atoms with Gasteiger partial charge in [0, 0.05) is 29.7 Å². The molecule has 0 atom stereocenters. The summed E-state index contributed by atoms with van der Waals surface area (Å²) in [4.78, 5) is 30.7. The summed E-state index contributed by atoms with van der Waals surface area (Å²) in [5.41, 5.74) is -1.16. The van der Waals surface area contributed by atoms with Crippen LogP contribution < -0.4 is 5.43 Å². The van der Waals surface area contributed by atoms with Crippen molar-refractivity contribution in [1.29, 1.82) is 0 Å². The van der Waals surface area contributed by atoms with Gasteiger partial charge in [0.2, 0.25) is 5.43 Å². The van der Waals surface area contributed by atoms with Gasteiger partial charge < -0.3 is 14.6 Å². The van der Waals surface area contributed by atoms with Crippen LogP contribution in [-0.4, -0.2) is 30.3 Å². The SMILES string of the molecule is CC(C)N(Cc1ccccc1)C(=O)c1c[nH]c2ccc(S(=O)(=O)[N-]c3cccc(C(F)(F)F)c3)cc2c1=O. The predicted molar refractivity (Wildman–Crippen MR) is 138 cm³/mol. The third kappa shape index (κ3) is 5.72. The van der Waals surface area contributed by atoms with Gasteiger partial charge in [0.1, 0.15) is 15.6 Å². The Kier molecular flexibility index (Phi) is 7.32. The average Bonchev–Trinajstić information content (AvgIpc) is 2.87. The number of nitrogens with one attached hydrogen (secondary N) is 1. The van der Waals surface area contributed by atoms with Gasteiger partial charge in [-0.2, -0.15) is 13.2 Å². The number of aromatic nitrogens is 1. The highest BCUT2D eigenvalue weighted by Crippen LogP contribution is 2.35. The molecule has 1 amide bonds. The summed E-state index contributed by atoms with van der Waals surface area (Å²) < 4.78 is 68.4. The Morgan fingerprint density at radius 3 is 2.37 bits per heavy atom. The standard InChI is InChI=1S/C27H23F3N3O4S/c1-17(2)33(16-18-7-4-3-5-8-18)26(35)23-15-31-24-12-11-21(14-22(24)25(23)34)38(36,37)32-20-10-6-9-19(13-20)27(28,29)30/h3-15,17H,16H2,1-2H3,(H,31,34,35)/q-1. The second-order valence-corrected chi connectivity index (χ2v) is 10.5. The highest BCUT2D eigenvalue weighted by molar-refractivity contribution is 7.94. The molecule has 1 aromatic heterocycles. The quantitative estimate of drug-likeness (QED) is 0.310. The van der Waals surface area contributed by atoms with Crippen LogP contribution >= 0.6 is 0 Å². The van der Waals surface area contributed by atoms with Gasteiger partial charge in [0.05, 0.1) is 10.5 Å². The Hall–Kier alpha value is -4.12. The van der Waals surface area contributed by atoms with Crippen LogP contribution in [0.3, 0.4) is 0 Å². The van der Waals surface area contributed by atoms with Crippen LogP contribution in [-0.2, 0) is 22.7 Å². The number of aromatic amines is 1. The minimum atomic E-state index is -4.67. The number of amides is 1. The number of H-pyrrole nitrogens is 1. The van der Waals surface area contributed by atoms with Gasteiger partial charge in [-0.25, -0.2) is 8.42 Å². The van der Waals surface area contributed by atoms with Crippen LogP contribution in [0.1, 0.15) is 35.3 Å². The first-order valence-corrected chi connectivity index (χ1v) is 13.0. The molecule has 0 saturated carbocycles. The molecular weight excluding hydrogens is 519 g/mol. The lowest BCUT2D eigenvalue weighted by atomic mass is 10.1. The monoisotopic (exact) mass is 542 g/mol. The summed E-state index contributed by atoms with van der Waals surface area (Å²) in [7, 11) is -4.48. The molecule has 0 saturated heterocycles. The fourth-order valence-corrected chi connectivity index (χ4v) is 4.87. The van der Waals surface area contributed by atoms with E-state index in [1.54, 1.807) is 0 Å². The minimum absolute atomic E-state index is 0.0698. The first-order chi connectivity index (χ1) is 17.9. The van der Waals surface area contributed by atoms with Crippen LogP contribution in [0.4, 0.5) is 18.9 Å². The summed E-state index contributed by atoms with van der Waals surface area (Å²) in [6.45, 7) is 3.89. The third-order valence-corrected chi connectivity index (χ3v) is 7.16. The molecule has 0 spiro atoms. The second-order valence-electron chi connectivity index (χ2n) is 8.87. The molecule has 1 N–H and O–H groups in total. The van der Waals surface area contributed by atoms with E-state index in [4.69, 9.17) is 0 Å². The van der Waals surface area contributed by atoms with Crippen molar-refractivity contribution in [3.05, 3.63) is 111 Å². The maximum absolute atomic E-state index is 13.4. The molecule has 0 unspecified atom stereocenters. The molecule has 0 fully saturated rings. The van der Waals surface area contributed by atoms with Crippen LogP contribution in [0, 0.1) is 0 Å². The summed E-state index contributed by atoms with van der Waals surface area (Å²) in [5, 5.41) is -0.0698. The number of hydrogen-bond acceptors (Lipinski definition) is 4. The van der Waals surface area contributed by atoms with E-state index < -0.39 is 43.7 Å². The summed E-state index contributed by atoms with van der Waals surface area (Å²) in [6, 6.07) is 16.2. The van der Waals surface area contributed by atoms with Crippen molar-refractivity contribution < 1.29 is 26.4 Å². The van der Waals surface area contributed by atoms with Crippen molar-refractivity contribution in [2.75, 3.05) is 0 Å². The molecule has 11 heteroatoms. The molecule has 0 radical (unpaired) electrons. The fourth-order valence-electron chi connectivity index (χ4n) is 3.87. The van der Waals surface area contributed by atoms with E-state index >= 15 is 0 Å². The summed E-state index contributed by atoms with van der Waals surface area (Å²) in [5.74, 6) is -0.533. The lowest BCUT2D eigenvalue weighted by molar-refractivity contribution is -0.137. The van der Waals surface area contributed by atoms with E-state index in [9.17, 15) is 31.2 Å². The molecule has 0 aliphatic carbocycles. The molecule has 0 bridgehead atoms. The molecule has 38 heavy (non-hydrogen) atoms. The first kappa shape index (κ1) is 26.9. The molecule has 1 heterocycles. The van der Waals surface area contributed by atoms with Crippen molar-refractivity contribution in [2.45, 2.75) is 37.5 Å². The Bertz CT molecular complexity index is 1650. The Morgan fingerprint density at radius 1 is 1.00 bits per heavy atom.